The Hall–Kier alpha value is -3.32. The van der Waals surface area contributed by atoms with Crippen molar-refractivity contribution in [3.63, 3.8) is 0 Å². The van der Waals surface area contributed by atoms with Gasteiger partial charge in [0, 0.05) is 12.5 Å². The van der Waals surface area contributed by atoms with Crippen LogP contribution in [0.1, 0.15) is 107 Å². The molecule has 7 atom stereocenters. The minimum absolute atomic E-state index is 0.0421. The molecule has 0 spiro atoms. The number of aliphatic hydroxyl groups excluding tert-OH is 1. The zero-order chi connectivity index (χ0) is 39.6. The molecule has 0 aromatic heterocycles. The highest BCUT2D eigenvalue weighted by atomic mass is 32.2. The van der Waals surface area contributed by atoms with Crippen molar-refractivity contribution in [3.8, 4) is 0 Å². The highest BCUT2D eigenvalue weighted by molar-refractivity contribution is 7.98. The number of thioether (sulfide) groups is 1. The van der Waals surface area contributed by atoms with Gasteiger partial charge in [0.2, 0.25) is 23.6 Å². The molecule has 0 saturated carbocycles. The lowest BCUT2D eigenvalue weighted by molar-refractivity contribution is -0.133. The maximum absolute atomic E-state index is 13.8. The second kappa shape index (κ2) is 23.4. The van der Waals surface area contributed by atoms with Gasteiger partial charge in [0.15, 0.2) is 0 Å². The summed E-state index contributed by atoms with van der Waals surface area (Å²) in [6, 6.07) is 6.22. The van der Waals surface area contributed by atoms with E-state index in [9.17, 15) is 29.1 Å². The van der Waals surface area contributed by atoms with Crippen LogP contribution in [0, 0.1) is 23.7 Å². The number of benzene rings is 1. The number of rotatable bonds is 22. The number of hydrogen-bond acceptors (Lipinski definition) is 8. The van der Waals surface area contributed by atoms with Gasteiger partial charge >= 0.3 is 6.09 Å². The first-order valence-electron chi connectivity index (χ1n) is 18.7. The fourth-order valence-electron chi connectivity index (χ4n) is 5.56. The lowest BCUT2D eigenvalue weighted by atomic mass is 9.91. The van der Waals surface area contributed by atoms with Gasteiger partial charge in [0.05, 0.1) is 12.1 Å². The van der Waals surface area contributed by atoms with Crippen LogP contribution in [0.5, 0.6) is 0 Å². The summed E-state index contributed by atoms with van der Waals surface area (Å²) in [5.74, 6) is -1.66. The molecule has 1 aromatic rings. The van der Waals surface area contributed by atoms with Crippen molar-refractivity contribution in [3.05, 3.63) is 35.9 Å². The van der Waals surface area contributed by atoms with E-state index >= 15 is 0 Å². The van der Waals surface area contributed by atoms with Gasteiger partial charge in [0.25, 0.3) is 0 Å². The number of amides is 5. The van der Waals surface area contributed by atoms with E-state index in [-0.39, 0.29) is 36.0 Å². The molecule has 1 rings (SSSR count). The summed E-state index contributed by atoms with van der Waals surface area (Å²) in [4.78, 5) is 66.4. The van der Waals surface area contributed by atoms with Crippen molar-refractivity contribution in [2.45, 2.75) is 144 Å². The Morgan fingerprint density at radius 3 is 1.90 bits per heavy atom. The summed E-state index contributed by atoms with van der Waals surface area (Å²) in [5.41, 5.74) is 0.198. The first-order chi connectivity index (χ1) is 24.3. The summed E-state index contributed by atoms with van der Waals surface area (Å²) in [6.07, 6.45) is 1.90. The van der Waals surface area contributed by atoms with E-state index in [0.29, 0.717) is 38.0 Å². The molecule has 296 valence electrons. The molecule has 0 heterocycles. The molecule has 0 fully saturated rings. The fourth-order valence-corrected chi connectivity index (χ4v) is 6.03. The summed E-state index contributed by atoms with van der Waals surface area (Å²) in [7, 11) is 0. The number of alkyl carbamates (subject to hydrolysis) is 1. The molecule has 13 heteroatoms. The molecule has 52 heavy (non-hydrogen) atoms. The summed E-state index contributed by atoms with van der Waals surface area (Å²) < 4.78 is 5.37. The van der Waals surface area contributed by atoms with Crippen LogP contribution in [0.2, 0.25) is 0 Å². The van der Waals surface area contributed by atoms with Crippen LogP contribution in [0.15, 0.2) is 30.3 Å². The molecule has 1 aromatic carbocycles. The summed E-state index contributed by atoms with van der Waals surface area (Å²) in [6.45, 7) is 18.9. The van der Waals surface area contributed by atoms with Crippen LogP contribution >= 0.6 is 11.8 Å². The van der Waals surface area contributed by atoms with Gasteiger partial charge in [0.1, 0.15) is 23.7 Å². The molecule has 0 bridgehead atoms. The van der Waals surface area contributed by atoms with E-state index in [1.54, 1.807) is 27.7 Å². The van der Waals surface area contributed by atoms with E-state index in [4.69, 9.17) is 4.74 Å². The fraction of sp³-hybridized carbons (Fsp3) is 0.718. The average molecular weight is 750 g/mol. The average Bonchev–Trinajstić information content (AvgIpc) is 3.05. The maximum Gasteiger partial charge on any atom is 0.408 e. The van der Waals surface area contributed by atoms with Crippen molar-refractivity contribution < 1.29 is 33.8 Å². The topological polar surface area (TPSA) is 175 Å². The van der Waals surface area contributed by atoms with Crippen molar-refractivity contribution in [2.75, 3.05) is 12.0 Å². The van der Waals surface area contributed by atoms with Crippen LogP contribution in [0.3, 0.4) is 0 Å². The van der Waals surface area contributed by atoms with Crippen LogP contribution in [-0.4, -0.2) is 82.7 Å². The number of carbonyl (C=O) groups is 5. The third kappa shape index (κ3) is 18.4. The highest BCUT2D eigenvalue weighted by Crippen LogP contribution is 2.18. The predicted molar refractivity (Wildman–Crippen MR) is 208 cm³/mol. The molecule has 0 aliphatic carbocycles. The van der Waals surface area contributed by atoms with Crippen molar-refractivity contribution >= 4 is 41.5 Å². The first kappa shape index (κ1) is 46.7. The third-order valence-electron chi connectivity index (χ3n) is 8.62. The number of hydrogen-bond donors (Lipinski definition) is 6. The Balaban J connectivity index is 3.06. The van der Waals surface area contributed by atoms with Gasteiger partial charge in [-0.3, -0.25) is 19.2 Å². The minimum atomic E-state index is -1.08. The third-order valence-corrected chi connectivity index (χ3v) is 9.27. The molecule has 0 aliphatic heterocycles. The number of carbonyl (C=O) groups excluding carboxylic acids is 5. The lowest BCUT2D eigenvalue weighted by Gasteiger charge is -2.31. The Kier molecular flexibility index (Phi) is 21.0. The predicted octanol–water partition coefficient (Wildman–Crippen LogP) is 4.93. The number of ether oxygens (including phenoxy) is 1. The molecule has 0 saturated heterocycles. The second-order valence-corrected chi connectivity index (χ2v) is 16.7. The summed E-state index contributed by atoms with van der Waals surface area (Å²) in [5, 5.41) is 25.7. The molecule has 0 radical (unpaired) electrons. The Morgan fingerprint density at radius 2 is 1.37 bits per heavy atom. The van der Waals surface area contributed by atoms with E-state index in [1.807, 2.05) is 78.1 Å². The second-order valence-electron chi connectivity index (χ2n) is 15.7. The van der Waals surface area contributed by atoms with Gasteiger partial charge in [-0.15, -0.1) is 0 Å². The zero-order valence-corrected chi connectivity index (χ0v) is 34.2. The monoisotopic (exact) mass is 749 g/mol. The van der Waals surface area contributed by atoms with Gasteiger partial charge in [-0.05, 0) is 81.8 Å². The smallest absolute Gasteiger partial charge is 0.408 e. The van der Waals surface area contributed by atoms with E-state index in [0.717, 1.165) is 5.56 Å². The van der Waals surface area contributed by atoms with E-state index in [1.165, 1.54) is 11.8 Å². The SMILES string of the molecule is CC[C@H](C)[C@H](NC(=O)[C@H](C)C[C@H](O)[C@H](CC(C)C)NC(=O)[C@@H](CCSC)NC(=O)[C@H](CC(C)C)NC(=O)OC(C)(C)C)C(=O)NCc1ccccc1. The highest BCUT2D eigenvalue weighted by Gasteiger charge is 2.33. The molecule has 0 aliphatic rings. The maximum atomic E-state index is 13.8. The van der Waals surface area contributed by atoms with Crippen LogP contribution in [0.25, 0.3) is 0 Å². The minimum Gasteiger partial charge on any atom is -0.444 e. The van der Waals surface area contributed by atoms with Crippen molar-refractivity contribution in [1.82, 2.24) is 26.6 Å². The normalized spacial score (nSPS) is 15.7. The van der Waals surface area contributed by atoms with Gasteiger partial charge < -0.3 is 36.4 Å². The lowest BCUT2D eigenvalue weighted by Crippen LogP contribution is -2.57. The van der Waals surface area contributed by atoms with Crippen molar-refractivity contribution in [2.24, 2.45) is 23.7 Å². The van der Waals surface area contributed by atoms with Crippen molar-refractivity contribution in [1.29, 1.82) is 0 Å². The van der Waals surface area contributed by atoms with Crippen LogP contribution < -0.4 is 26.6 Å². The van der Waals surface area contributed by atoms with Gasteiger partial charge in [-0.25, -0.2) is 4.79 Å². The van der Waals surface area contributed by atoms with Crippen LogP contribution in [0.4, 0.5) is 4.79 Å². The Labute approximate surface area is 316 Å². The van der Waals surface area contributed by atoms with E-state index < -0.39 is 59.7 Å². The molecular formula is C39H67N5O7S. The van der Waals surface area contributed by atoms with Crippen LogP contribution in [-0.2, 0) is 30.5 Å². The number of nitrogens with one attached hydrogen (secondary N) is 5. The first-order valence-corrected chi connectivity index (χ1v) is 20.1. The van der Waals surface area contributed by atoms with Gasteiger partial charge in [-0.2, -0.15) is 11.8 Å². The molecule has 6 N–H and O–H groups in total. The zero-order valence-electron chi connectivity index (χ0n) is 33.3. The molecule has 5 amide bonds. The molecule has 0 unspecified atom stereocenters. The summed E-state index contributed by atoms with van der Waals surface area (Å²) >= 11 is 1.53. The molecular weight excluding hydrogens is 683 g/mol. The number of aliphatic hydroxyl groups is 1. The van der Waals surface area contributed by atoms with E-state index in [2.05, 4.69) is 26.6 Å². The Morgan fingerprint density at radius 1 is 0.769 bits per heavy atom. The quantitative estimate of drug-likeness (QED) is 0.0968. The standard InChI is InChI=1S/C39H67N5O7S/c1-12-26(6)33(37(49)40-23-28-16-14-13-15-17-28)44-34(46)27(7)22-32(45)30(20-24(2)3)42-35(47)29(18-19-52-11)41-36(48)31(21-25(4)5)43-38(50)51-39(8,9)10/h13-17,24-27,29-33,45H,12,18-23H2,1-11H3,(H,40,49)(H,41,48)(H,42,47)(H,43,50)(H,44,46)/t26-,27+,29+,30-,31-,32-,33-/m0/s1. The molecule has 12 nitrogen and oxygen atoms in total. The van der Waals surface area contributed by atoms with Gasteiger partial charge in [-0.1, -0.05) is 85.2 Å². The Bertz CT molecular complexity index is 1260. The largest absolute Gasteiger partial charge is 0.444 e.